The first kappa shape index (κ1) is 14.8. The summed E-state index contributed by atoms with van der Waals surface area (Å²) in [5, 5.41) is 12.9. The highest BCUT2D eigenvalue weighted by molar-refractivity contribution is 9.10. The highest BCUT2D eigenvalue weighted by atomic mass is 79.9. The van der Waals surface area contributed by atoms with Crippen LogP contribution in [0.5, 0.6) is 0 Å². The van der Waals surface area contributed by atoms with E-state index < -0.39 is 6.10 Å². The number of hydrogen-bond donors (Lipinski definition) is 2. The summed E-state index contributed by atoms with van der Waals surface area (Å²) >= 11 is 3.14. The molecule has 1 heterocycles. The standard InChI is InChI=1S/C15H16BrNO3/c1-10(13(18)7-11-5-3-2-4-6-11)17-15(19)12-8-14(16)20-9-12/h2-6,8-10,13,18H,7H2,1H3,(H,17,19). The van der Waals surface area contributed by atoms with Gasteiger partial charge in [0.1, 0.15) is 6.26 Å². The van der Waals surface area contributed by atoms with Gasteiger partial charge in [-0.25, -0.2) is 0 Å². The number of halogens is 1. The van der Waals surface area contributed by atoms with Gasteiger partial charge in [-0.1, -0.05) is 30.3 Å². The third-order valence-electron chi connectivity index (χ3n) is 3.05. The lowest BCUT2D eigenvalue weighted by atomic mass is 10.0. The van der Waals surface area contributed by atoms with Crippen molar-refractivity contribution in [2.45, 2.75) is 25.5 Å². The van der Waals surface area contributed by atoms with E-state index in [9.17, 15) is 9.90 Å². The summed E-state index contributed by atoms with van der Waals surface area (Å²) in [5.74, 6) is -0.265. The topological polar surface area (TPSA) is 62.5 Å². The number of aliphatic hydroxyl groups is 1. The lowest BCUT2D eigenvalue weighted by molar-refractivity contribution is 0.0851. The Labute approximate surface area is 125 Å². The number of rotatable bonds is 5. The lowest BCUT2D eigenvalue weighted by Gasteiger charge is -2.20. The zero-order chi connectivity index (χ0) is 14.5. The number of benzene rings is 1. The van der Waals surface area contributed by atoms with E-state index >= 15 is 0 Å². The number of hydrogen-bond acceptors (Lipinski definition) is 3. The van der Waals surface area contributed by atoms with Crippen molar-refractivity contribution in [3.05, 3.63) is 58.5 Å². The highest BCUT2D eigenvalue weighted by Gasteiger charge is 2.18. The Hall–Kier alpha value is -1.59. The summed E-state index contributed by atoms with van der Waals surface area (Å²) in [5.41, 5.74) is 1.46. The monoisotopic (exact) mass is 337 g/mol. The molecule has 20 heavy (non-hydrogen) atoms. The Morgan fingerprint density at radius 2 is 2.10 bits per heavy atom. The fourth-order valence-electron chi connectivity index (χ4n) is 1.85. The van der Waals surface area contributed by atoms with Gasteiger partial charge in [0, 0.05) is 12.5 Å². The van der Waals surface area contributed by atoms with Gasteiger partial charge in [-0.15, -0.1) is 0 Å². The van der Waals surface area contributed by atoms with E-state index in [2.05, 4.69) is 21.2 Å². The molecule has 106 valence electrons. The number of nitrogens with one attached hydrogen (secondary N) is 1. The average Bonchev–Trinajstić information content (AvgIpc) is 2.86. The van der Waals surface area contributed by atoms with Crippen LogP contribution < -0.4 is 5.32 Å². The summed E-state index contributed by atoms with van der Waals surface area (Å²) in [6.45, 7) is 1.78. The summed E-state index contributed by atoms with van der Waals surface area (Å²) < 4.78 is 5.52. The maximum absolute atomic E-state index is 11.9. The van der Waals surface area contributed by atoms with Crippen LogP contribution in [0, 0.1) is 0 Å². The first-order valence-corrected chi connectivity index (χ1v) is 7.12. The van der Waals surface area contributed by atoms with E-state index in [1.165, 1.54) is 6.26 Å². The van der Waals surface area contributed by atoms with Crippen LogP contribution in [0.15, 0.2) is 51.7 Å². The van der Waals surface area contributed by atoms with E-state index in [4.69, 9.17) is 4.42 Å². The molecule has 0 aliphatic heterocycles. The van der Waals surface area contributed by atoms with Crippen molar-refractivity contribution < 1.29 is 14.3 Å². The quantitative estimate of drug-likeness (QED) is 0.881. The van der Waals surface area contributed by atoms with Crippen LogP contribution in [0.4, 0.5) is 0 Å². The second kappa shape index (κ2) is 6.72. The molecule has 2 atom stereocenters. The number of amides is 1. The third kappa shape index (κ3) is 3.95. The largest absolute Gasteiger partial charge is 0.457 e. The molecule has 0 bridgehead atoms. The molecule has 2 rings (SSSR count). The van der Waals surface area contributed by atoms with Crippen molar-refractivity contribution >= 4 is 21.8 Å². The van der Waals surface area contributed by atoms with E-state index in [1.54, 1.807) is 13.0 Å². The molecule has 4 nitrogen and oxygen atoms in total. The second-order valence-electron chi connectivity index (χ2n) is 4.66. The Balaban J connectivity index is 1.91. The van der Waals surface area contributed by atoms with Gasteiger partial charge in [-0.3, -0.25) is 4.79 Å². The molecular formula is C15H16BrNO3. The van der Waals surface area contributed by atoms with Crippen LogP contribution in [0.3, 0.4) is 0 Å². The van der Waals surface area contributed by atoms with Gasteiger partial charge >= 0.3 is 0 Å². The van der Waals surface area contributed by atoms with Gasteiger partial charge < -0.3 is 14.8 Å². The normalized spacial score (nSPS) is 13.8. The van der Waals surface area contributed by atoms with Crippen LogP contribution in [-0.4, -0.2) is 23.2 Å². The molecule has 2 N–H and O–H groups in total. The Bertz CT molecular complexity index is 568. The fourth-order valence-corrected chi connectivity index (χ4v) is 2.19. The fraction of sp³-hybridized carbons (Fsp3) is 0.267. The zero-order valence-electron chi connectivity index (χ0n) is 11.0. The van der Waals surface area contributed by atoms with Crippen LogP contribution in [0.2, 0.25) is 0 Å². The SMILES string of the molecule is CC(NC(=O)c1coc(Br)c1)C(O)Cc1ccccc1. The summed E-state index contributed by atoms with van der Waals surface area (Å²) in [6, 6.07) is 10.9. The minimum Gasteiger partial charge on any atom is -0.457 e. The molecule has 0 fully saturated rings. The summed E-state index contributed by atoms with van der Waals surface area (Å²) in [6.07, 6.45) is 1.23. The number of carbonyl (C=O) groups is 1. The van der Waals surface area contributed by atoms with Crippen molar-refractivity contribution in [2.24, 2.45) is 0 Å². The molecule has 0 saturated carbocycles. The number of furan rings is 1. The first-order chi connectivity index (χ1) is 9.56. The molecule has 1 aromatic carbocycles. The maximum atomic E-state index is 11.9. The minimum absolute atomic E-state index is 0.265. The van der Waals surface area contributed by atoms with Crippen LogP contribution >= 0.6 is 15.9 Å². The van der Waals surface area contributed by atoms with Crippen LogP contribution in [0.25, 0.3) is 0 Å². The predicted molar refractivity (Wildman–Crippen MR) is 79.5 cm³/mol. The van der Waals surface area contributed by atoms with E-state index in [1.807, 2.05) is 30.3 Å². The highest BCUT2D eigenvalue weighted by Crippen LogP contribution is 2.14. The average molecular weight is 338 g/mol. The van der Waals surface area contributed by atoms with Crippen molar-refractivity contribution in [3.63, 3.8) is 0 Å². The predicted octanol–water partition coefficient (Wildman–Crippen LogP) is 2.76. The molecular weight excluding hydrogens is 322 g/mol. The van der Waals surface area contributed by atoms with E-state index in [-0.39, 0.29) is 11.9 Å². The van der Waals surface area contributed by atoms with E-state index in [0.29, 0.717) is 16.7 Å². The third-order valence-corrected chi connectivity index (χ3v) is 3.47. The van der Waals surface area contributed by atoms with Gasteiger partial charge in [-0.2, -0.15) is 0 Å². The molecule has 0 spiro atoms. The molecule has 0 saturated heterocycles. The smallest absolute Gasteiger partial charge is 0.254 e. The van der Waals surface area contributed by atoms with Gasteiger partial charge in [0.15, 0.2) is 4.67 Å². The molecule has 2 aromatic rings. The number of carbonyl (C=O) groups excluding carboxylic acids is 1. The van der Waals surface area contributed by atoms with Gasteiger partial charge in [-0.05, 0) is 28.4 Å². The summed E-state index contributed by atoms with van der Waals surface area (Å²) in [7, 11) is 0. The van der Waals surface area contributed by atoms with Crippen molar-refractivity contribution in [3.8, 4) is 0 Å². The summed E-state index contributed by atoms with van der Waals surface area (Å²) in [4.78, 5) is 11.9. The van der Waals surface area contributed by atoms with Gasteiger partial charge in [0.2, 0.25) is 0 Å². The molecule has 0 radical (unpaired) electrons. The molecule has 1 aromatic heterocycles. The first-order valence-electron chi connectivity index (χ1n) is 6.33. The van der Waals surface area contributed by atoms with Crippen molar-refractivity contribution in [2.75, 3.05) is 0 Å². The van der Waals surface area contributed by atoms with E-state index in [0.717, 1.165) is 5.56 Å². The molecule has 0 aliphatic rings. The lowest BCUT2D eigenvalue weighted by Crippen LogP contribution is -2.42. The van der Waals surface area contributed by atoms with Crippen LogP contribution in [0.1, 0.15) is 22.8 Å². The second-order valence-corrected chi connectivity index (χ2v) is 5.44. The maximum Gasteiger partial charge on any atom is 0.254 e. The zero-order valence-corrected chi connectivity index (χ0v) is 12.6. The Kier molecular flexibility index (Phi) is 4.98. The Morgan fingerprint density at radius 1 is 1.40 bits per heavy atom. The van der Waals surface area contributed by atoms with Crippen molar-refractivity contribution in [1.29, 1.82) is 0 Å². The van der Waals surface area contributed by atoms with Gasteiger partial charge in [0.05, 0.1) is 17.7 Å². The molecule has 5 heteroatoms. The molecule has 0 aliphatic carbocycles. The number of aliphatic hydroxyl groups excluding tert-OH is 1. The molecule has 2 unspecified atom stereocenters. The van der Waals surface area contributed by atoms with Crippen molar-refractivity contribution in [1.82, 2.24) is 5.32 Å². The van der Waals surface area contributed by atoms with Crippen LogP contribution in [-0.2, 0) is 6.42 Å². The Morgan fingerprint density at radius 3 is 2.70 bits per heavy atom. The minimum atomic E-state index is -0.642. The van der Waals surface area contributed by atoms with Gasteiger partial charge in [0.25, 0.3) is 5.91 Å². The molecule has 1 amide bonds.